The number of likely N-dealkylation sites (tertiary alicyclic amines) is 1. The number of carbonyl (C=O) groups is 2. The minimum atomic E-state index is -1.04. The average Bonchev–Trinajstić information content (AvgIpc) is 3.10. The molecule has 3 N–H and O–H groups in total. The highest BCUT2D eigenvalue weighted by molar-refractivity contribution is 5.87. The number of carbonyl (C=O) groups excluding carboxylic acids is 1. The van der Waals surface area contributed by atoms with Gasteiger partial charge in [0.1, 0.15) is 12.1 Å². The Morgan fingerprint density at radius 1 is 1.25 bits per heavy atom. The van der Waals surface area contributed by atoms with Crippen LogP contribution in [0, 0.1) is 11.8 Å². The third-order valence-electron chi connectivity index (χ3n) is 4.94. The average molecular weight is 282 g/mol. The summed E-state index contributed by atoms with van der Waals surface area (Å²) >= 11 is 0. The van der Waals surface area contributed by atoms with E-state index in [2.05, 4.69) is 5.32 Å². The number of hydrogen-bond donors (Lipinski definition) is 3. The van der Waals surface area contributed by atoms with Crippen molar-refractivity contribution in [3.05, 3.63) is 0 Å². The van der Waals surface area contributed by atoms with Crippen molar-refractivity contribution in [2.24, 2.45) is 11.8 Å². The van der Waals surface area contributed by atoms with Crippen LogP contribution in [0.4, 0.5) is 0 Å². The fourth-order valence-electron chi connectivity index (χ4n) is 3.70. The Morgan fingerprint density at radius 2 is 1.95 bits per heavy atom. The predicted molar refractivity (Wildman–Crippen MR) is 71.0 cm³/mol. The first-order chi connectivity index (χ1) is 9.58. The standard InChI is InChI=1S/C14H22N2O4/c17-12(5-8-1-3-15-4-2-8)13(18)16-10-6-9(10)7-11(16)14(19)20/h8-12,15,17H,1-7H2,(H,19,20)/t9-,10-,11-,12?/m0/s1. The van der Waals surface area contributed by atoms with Gasteiger partial charge in [0, 0.05) is 6.04 Å². The number of carboxylic acid groups (broad SMARTS) is 1. The second-order valence-corrected chi connectivity index (χ2v) is 6.34. The fourth-order valence-corrected chi connectivity index (χ4v) is 3.70. The Morgan fingerprint density at radius 3 is 2.60 bits per heavy atom. The summed E-state index contributed by atoms with van der Waals surface area (Å²) < 4.78 is 0. The van der Waals surface area contributed by atoms with Crippen molar-refractivity contribution in [2.75, 3.05) is 13.1 Å². The minimum absolute atomic E-state index is 0.0614. The van der Waals surface area contributed by atoms with Crippen LogP contribution in [0.1, 0.15) is 32.1 Å². The van der Waals surface area contributed by atoms with Gasteiger partial charge in [-0.05, 0) is 57.0 Å². The van der Waals surface area contributed by atoms with E-state index in [0.29, 0.717) is 24.7 Å². The molecule has 0 aromatic heterocycles. The van der Waals surface area contributed by atoms with Gasteiger partial charge < -0.3 is 20.4 Å². The normalized spacial score (nSPS) is 34.6. The van der Waals surface area contributed by atoms with Gasteiger partial charge in [-0.3, -0.25) is 4.79 Å². The number of piperidine rings is 2. The molecular weight excluding hydrogens is 260 g/mol. The molecule has 3 fully saturated rings. The first-order valence-corrected chi connectivity index (χ1v) is 7.51. The number of aliphatic carboxylic acids is 1. The van der Waals surface area contributed by atoms with Crippen LogP contribution in [-0.2, 0) is 9.59 Å². The Kier molecular flexibility index (Phi) is 3.69. The van der Waals surface area contributed by atoms with Crippen molar-refractivity contribution in [2.45, 2.75) is 50.3 Å². The smallest absolute Gasteiger partial charge is 0.326 e. The molecule has 2 aliphatic heterocycles. The lowest BCUT2D eigenvalue weighted by molar-refractivity contribution is -0.153. The number of rotatable bonds is 4. The molecule has 3 rings (SSSR count). The van der Waals surface area contributed by atoms with E-state index in [4.69, 9.17) is 0 Å². The summed E-state index contributed by atoms with van der Waals surface area (Å²) in [6, 6.07) is -0.666. The van der Waals surface area contributed by atoms with Gasteiger partial charge in [-0.25, -0.2) is 4.79 Å². The summed E-state index contributed by atoms with van der Waals surface area (Å²) in [4.78, 5) is 25.0. The highest BCUT2D eigenvalue weighted by Crippen LogP contribution is 2.48. The molecule has 0 aromatic rings. The molecule has 1 saturated carbocycles. The largest absolute Gasteiger partial charge is 0.480 e. The Labute approximate surface area is 118 Å². The van der Waals surface area contributed by atoms with E-state index in [1.165, 1.54) is 4.90 Å². The second-order valence-electron chi connectivity index (χ2n) is 6.34. The molecular formula is C14H22N2O4. The Balaban J connectivity index is 1.60. The lowest BCUT2D eigenvalue weighted by atomic mass is 9.91. The Hall–Kier alpha value is -1.14. The molecule has 0 aromatic carbocycles. The number of hydrogen-bond acceptors (Lipinski definition) is 4. The van der Waals surface area contributed by atoms with E-state index in [1.54, 1.807) is 0 Å². The maximum atomic E-state index is 12.4. The van der Waals surface area contributed by atoms with Crippen LogP contribution in [0.15, 0.2) is 0 Å². The summed E-state index contributed by atoms with van der Waals surface area (Å²) in [5.74, 6) is -0.622. The first-order valence-electron chi connectivity index (χ1n) is 7.51. The second kappa shape index (κ2) is 5.33. The molecule has 1 aliphatic carbocycles. The van der Waals surface area contributed by atoms with E-state index >= 15 is 0 Å². The number of aliphatic hydroxyl groups excluding tert-OH is 1. The molecule has 0 bridgehead atoms. The van der Waals surface area contributed by atoms with Gasteiger partial charge in [-0.2, -0.15) is 0 Å². The number of carboxylic acids is 1. The third-order valence-corrected chi connectivity index (χ3v) is 4.94. The number of fused-ring (bicyclic) bond motifs is 1. The van der Waals surface area contributed by atoms with E-state index in [-0.39, 0.29) is 11.9 Å². The molecule has 3 aliphatic rings. The molecule has 6 heteroatoms. The quantitative estimate of drug-likeness (QED) is 0.665. The van der Waals surface area contributed by atoms with Gasteiger partial charge >= 0.3 is 5.97 Å². The molecule has 0 spiro atoms. The first kappa shape index (κ1) is 13.8. The monoisotopic (exact) mass is 282 g/mol. The number of nitrogens with one attached hydrogen (secondary N) is 1. The summed E-state index contributed by atoms with van der Waals surface area (Å²) in [5, 5.41) is 22.6. The predicted octanol–water partition coefficient (Wildman–Crippen LogP) is -0.189. The van der Waals surface area contributed by atoms with Crippen molar-refractivity contribution in [3.8, 4) is 0 Å². The Bertz CT molecular complexity index is 408. The molecule has 0 radical (unpaired) electrons. The van der Waals surface area contributed by atoms with Crippen molar-refractivity contribution >= 4 is 11.9 Å². The number of nitrogens with zero attached hydrogens (tertiary/aromatic N) is 1. The molecule has 2 heterocycles. The van der Waals surface area contributed by atoms with Crippen LogP contribution in [0.3, 0.4) is 0 Å². The van der Waals surface area contributed by atoms with Gasteiger partial charge in [0.05, 0.1) is 0 Å². The molecule has 2 saturated heterocycles. The van der Waals surface area contributed by atoms with E-state index in [9.17, 15) is 19.8 Å². The van der Waals surface area contributed by atoms with Crippen LogP contribution in [0.5, 0.6) is 0 Å². The number of amides is 1. The summed E-state index contributed by atoms with van der Waals surface area (Å²) in [7, 11) is 0. The van der Waals surface area contributed by atoms with Crippen LogP contribution in [-0.4, -0.2) is 58.3 Å². The maximum Gasteiger partial charge on any atom is 0.326 e. The zero-order valence-corrected chi connectivity index (χ0v) is 11.5. The van der Waals surface area contributed by atoms with Crippen LogP contribution in [0.25, 0.3) is 0 Å². The SMILES string of the molecule is O=C(O)[C@@H]1C[C@@H]2C[C@@H]2N1C(=O)C(O)CC1CCNCC1. The van der Waals surface area contributed by atoms with Crippen molar-refractivity contribution < 1.29 is 19.8 Å². The maximum absolute atomic E-state index is 12.4. The van der Waals surface area contributed by atoms with E-state index in [0.717, 1.165) is 32.4 Å². The van der Waals surface area contributed by atoms with Gasteiger partial charge in [0.15, 0.2) is 0 Å². The minimum Gasteiger partial charge on any atom is -0.480 e. The van der Waals surface area contributed by atoms with Crippen molar-refractivity contribution in [3.63, 3.8) is 0 Å². The highest BCUT2D eigenvalue weighted by Gasteiger charge is 2.56. The summed E-state index contributed by atoms with van der Waals surface area (Å²) in [5.41, 5.74) is 0. The lowest BCUT2D eigenvalue weighted by Gasteiger charge is -2.29. The van der Waals surface area contributed by atoms with Crippen molar-refractivity contribution in [1.82, 2.24) is 10.2 Å². The molecule has 6 nitrogen and oxygen atoms in total. The van der Waals surface area contributed by atoms with Gasteiger partial charge in [0.2, 0.25) is 0 Å². The fraction of sp³-hybridized carbons (Fsp3) is 0.857. The van der Waals surface area contributed by atoms with E-state index < -0.39 is 18.1 Å². The van der Waals surface area contributed by atoms with Crippen LogP contribution < -0.4 is 5.32 Å². The van der Waals surface area contributed by atoms with Gasteiger partial charge in [-0.1, -0.05) is 0 Å². The van der Waals surface area contributed by atoms with Crippen molar-refractivity contribution in [1.29, 1.82) is 0 Å². The zero-order valence-electron chi connectivity index (χ0n) is 11.5. The van der Waals surface area contributed by atoms with Gasteiger partial charge in [-0.15, -0.1) is 0 Å². The summed E-state index contributed by atoms with van der Waals surface area (Å²) in [6.07, 6.45) is 2.80. The van der Waals surface area contributed by atoms with Crippen LogP contribution >= 0.6 is 0 Å². The van der Waals surface area contributed by atoms with Gasteiger partial charge in [0.25, 0.3) is 5.91 Å². The summed E-state index contributed by atoms with van der Waals surface area (Å²) in [6.45, 7) is 1.86. The highest BCUT2D eigenvalue weighted by atomic mass is 16.4. The zero-order chi connectivity index (χ0) is 14.3. The molecule has 1 amide bonds. The third kappa shape index (κ3) is 2.54. The van der Waals surface area contributed by atoms with E-state index in [1.807, 2.05) is 0 Å². The number of aliphatic hydroxyl groups is 1. The molecule has 112 valence electrons. The molecule has 20 heavy (non-hydrogen) atoms. The lowest BCUT2D eigenvalue weighted by Crippen LogP contribution is -2.48. The molecule has 1 unspecified atom stereocenters. The van der Waals surface area contributed by atoms with Crippen LogP contribution in [0.2, 0.25) is 0 Å². The molecule has 4 atom stereocenters. The topological polar surface area (TPSA) is 89.9 Å².